The van der Waals surface area contributed by atoms with Crippen molar-refractivity contribution in [3.05, 3.63) is 53.1 Å². The third kappa shape index (κ3) is 7.09. The van der Waals surface area contributed by atoms with E-state index < -0.39 is 6.61 Å². The zero-order chi connectivity index (χ0) is 21.9. The van der Waals surface area contributed by atoms with Crippen LogP contribution < -0.4 is 24.8 Å². The quantitative estimate of drug-likeness (QED) is 0.346. The fraction of sp³-hybridized carbons (Fsp3) is 0.409. The Kier molecular flexibility index (Phi) is 9.18. The van der Waals surface area contributed by atoms with Gasteiger partial charge in [-0.3, -0.25) is 4.99 Å². The summed E-state index contributed by atoms with van der Waals surface area (Å²) in [6.07, 6.45) is 1.73. The van der Waals surface area contributed by atoms with Crippen molar-refractivity contribution in [2.45, 2.75) is 32.9 Å². The van der Waals surface area contributed by atoms with Gasteiger partial charge < -0.3 is 24.8 Å². The molecular weight excluding hydrogens is 392 g/mol. The number of hydrogen-bond donors (Lipinski definition) is 2. The van der Waals surface area contributed by atoms with Gasteiger partial charge in [-0.1, -0.05) is 23.8 Å². The smallest absolute Gasteiger partial charge is 0.387 e. The number of rotatable bonds is 10. The number of aliphatic imine (C=N–C) groups is 1. The first-order chi connectivity index (χ1) is 14.5. The van der Waals surface area contributed by atoms with Crippen LogP contribution in [-0.4, -0.2) is 40.4 Å². The van der Waals surface area contributed by atoms with Gasteiger partial charge in [-0.15, -0.1) is 0 Å². The first-order valence-electron chi connectivity index (χ1n) is 9.66. The van der Waals surface area contributed by atoms with E-state index in [4.69, 9.17) is 9.47 Å². The molecule has 0 radical (unpaired) electrons. The van der Waals surface area contributed by atoms with Crippen molar-refractivity contribution in [3.8, 4) is 17.2 Å². The maximum Gasteiger partial charge on any atom is 0.387 e. The Morgan fingerprint density at radius 3 is 2.40 bits per heavy atom. The van der Waals surface area contributed by atoms with Crippen LogP contribution in [0.15, 0.2) is 41.4 Å². The Labute approximate surface area is 176 Å². The highest BCUT2D eigenvalue weighted by Gasteiger charge is 2.10. The lowest BCUT2D eigenvalue weighted by atomic mass is 10.1. The number of halogens is 2. The maximum absolute atomic E-state index is 12.6. The van der Waals surface area contributed by atoms with E-state index in [-0.39, 0.29) is 5.75 Å². The maximum atomic E-state index is 12.6. The molecule has 0 saturated carbocycles. The van der Waals surface area contributed by atoms with Crippen molar-refractivity contribution in [3.63, 3.8) is 0 Å². The summed E-state index contributed by atoms with van der Waals surface area (Å²) in [7, 11) is 4.89. The summed E-state index contributed by atoms with van der Waals surface area (Å²) in [5.41, 5.74) is 2.75. The lowest BCUT2D eigenvalue weighted by molar-refractivity contribution is -0.0504. The minimum absolute atomic E-state index is 0.159. The number of nitrogens with zero attached hydrogens (tertiary/aromatic N) is 1. The molecule has 2 aromatic rings. The second-order valence-corrected chi connectivity index (χ2v) is 6.64. The zero-order valence-corrected chi connectivity index (χ0v) is 17.8. The molecule has 0 heterocycles. The number of benzene rings is 2. The second kappa shape index (κ2) is 11.8. The molecule has 0 unspecified atom stereocenters. The number of aryl methyl sites for hydroxylation is 2. The van der Waals surface area contributed by atoms with E-state index in [2.05, 4.69) is 20.4 Å². The lowest BCUT2D eigenvalue weighted by Crippen LogP contribution is -2.37. The molecule has 0 aliphatic rings. The van der Waals surface area contributed by atoms with Crippen LogP contribution in [0, 0.1) is 6.92 Å². The summed E-state index contributed by atoms with van der Waals surface area (Å²) in [5, 5.41) is 6.37. The molecule has 0 saturated heterocycles. The average molecular weight is 421 g/mol. The molecule has 0 bridgehead atoms. The molecule has 0 atom stereocenters. The van der Waals surface area contributed by atoms with Crippen LogP contribution in [0.5, 0.6) is 17.2 Å². The van der Waals surface area contributed by atoms with Crippen LogP contribution >= 0.6 is 0 Å². The largest absolute Gasteiger partial charge is 0.493 e. The van der Waals surface area contributed by atoms with Gasteiger partial charge in [0.25, 0.3) is 0 Å². The number of hydrogen-bond acceptors (Lipinski definition) is 4. The molecule has 2 rings (SSSR count). The third-order valence-corrected chi connectivity index (χ3v) is 4.48. The number of nitrogens with one attached hydrogen (secondary N) is 2. The monoisotopic (exact) mass is 421 g/mol. The molecule has 0 aliphatic heterocycles. The Bertz CT molecular complexity index is 844. The molecule has 0 aromatic heterocycles. The summed E-state index contributed by atoms with van der Waals surface area (Å²) < 4.78 is 40.4. The SMILES string of the molecule is CN=C(NCCCc1ccc(OC)c(OC)c1)NCc1cc(C)ccc1OC(F)F. The standard InChI is InChI=1S/C22H29F2N3O3/c1-15-7-9-18(30-21(23)24)17(12-15)14-27-22(25-2)26-11-5-6-16-8-10-19(28-3)20(13-16)29-4/h7-10,12-13,21H,5-6,11,14H2,1-4H3,(H2,25,26,27). The van der Waals surface area contributed by atoms with E-state index >= 15 is 0 Å². The van der Waals surface area contributed by atoms with E-state index in [1.807, 2.05) is 31.2 Å². The van der Waals surface area contributed by atoms with E-state index in [0.717, 1.165) is 24.0 Å². The van der Waals surface area contributed by atoms with Gasteiger partial charge in [-0.05, 0) is 43.5 Å². The third-order valence-electron chi connectivity index (χ3n) is 4.48. The van der Waals surface area contributed by atoms with Gasteiger partial charge in [0.1, 0.15) is 5.75 Å². The molecule has 2 N–H and O–H groups in total. The highest BCUT2D eigenvalue weighted by Crippen LogP contribution is 2.28. The van der Waals surface area contributed by atoms with Crippen LogP contribution in [0.25, 0.3) is 0 Å². The van der Waals surface area contributed by atoms with Crippen LogP contribution in [-0.2, 0) is 13.0 Å². The van der Waals surface area contributed by atoms with Crippen LogP contribution in [0.4, 0.5) is 8.78 Å². The van der Waals surface area contributed by atoms with Crippen molar-refractivity contribution in [2.75, 3.05) is 27.8 Å². The average Bonchev–Trinajstić information content (AvgIpc) is 2.74. The fourth-order valence-corrected chi connectivity index (χ4v) is 2.99. The van der Waals surface area contributed by atoms with E-state index in [0.29, 0.717) is 36.1 Å². The first-order valence-corrected chi connectivity index (χ1v) is 9.66. The summed E-state index contributed by atoms with van der Waals surface area (Å²) in [6, 6.07) is 11.0. The minimum atomic E-state index is -2.86. The Morgan fingerprint density at radius 2 is 1.73 bits per heavy atom. The predicted octanol–water partition coefficient (Wildman–Crippen LogP) is 3.91. The molecule has 2 aromatic carbocycles. The van der Waals surface area contributed by atoms with E-state index in [9.17, 15) is 8.78 Å². The number of guanidine groups is 1. The molecular formula is C22H29F2N3O3. The van der Waals surface area contributed by atoms with Gasteiger partial charge in [-0.25, -0.2) is 0 Å². The normalized spacial score (nSPS) is 11.4. The summed E-state index contributed by atoms with van der Waals surface area (Å²) in [5.74, 6) is 2.16. The highest BCUT2D eigenvalue weighted by molar-refractivity contribution is 5.79. The Morgan fingerprint density at radius 1 is 1.00 bits per heavy atom. The topological polar surface area (TPSA) is 64.1 Å². The summed E-state index contributed by atoms with van der Waals surface area (Å²) in [6.45, 7) is 0.0542. The molecule has 0 aliphatic carbocycles. The van der Waals surface area contributed by atoms with E-state index in [1.165, 1.54) is 0 Å². The molecule has 8 heteroatoms. The summed E-state index contributed by atoms with van der Waals surface area (Å²) in [4.78, 5) is 4.18. The highest BCUT2D eigenvalue weighted by atomic mass is 19.3. The van der Waals surface area contributed by atoms with Gasteiger partial charge >= 0.3 is 6.61 Å². The number of alkyl halides is 2. The van der Waals surface area contributed by atoms with Crippen LogP contribution in [0.1, 0.15) is 23.1 Å². The first kappa shape index (κ1) is 23.3. The molecule has 0 spiro atoms. The molecule has 30 heavy (non-hydrogen) atoms. The van der Waals surface area contributed by atoms with Gasteiger partial charge in [-0.2, -0.15) is 8.78 Å². The van der Waals surface area contributed by atoms with Gasteiger partial charge in [0.05, 0.1) is 14.2 Å². The Balaban J connectivity index is 1.84. The molecule has 6 nitrogen and oxygen atoms in total. The zero-order valence-electron chi connectivity index (χ0n) is 17.8. The van der Waals surface area contributed by atoms with E-state index in [1.54, 1.807) is 33.4 Å². The van der Waals surface area contributed by atoms with Crippen LogP contribution in [0.2, 0.25) is 0 Å². The minimum Gasteiger partial charge on any atom is -0.493 e. The predicted molar refractivity (Wildman–Crippen MR) is 114 cm³/mol. The number of ether oxygens (including phenoxy) is 3. The summed E-state index contributed by atoms with van der Waals surface area (Å²) >= 11 is 0. The molecule has 0 amide bonds. The van der Waals surface area contributed by atoms with Crippen molar-refractivity contribution in [2.24, 2.45) is 4.99 Å². The van der Waals surface area contributed by atoms with Crippen molar-refractivity contribution in [1.82, 2.24) is 10.6 Å². The Hall–Kier alpha value is -3.03. The number of methoxy groups -OCH3 is 2. The van der Waals surface area contributed by atoms with Crippen molar-refractivity contribution >= 4 is 5.96 Å². The van der Waals surface area contributed by atoms with Crippen molar-refractivity contribution < 1.29 is 23.0 Å². The van der Waals surface area contributed by atoms with Gasteiger partial charge in [0, 0.05) is 25.7 Å². The molecule has 0 fully saturated rings. The van der Waals surface area contributed by atoms with Crippen molar-refractivity contribution in [1.29, 1.82) is 0 Å². The second-order valence-electron chi connectivity index (χ2n) is 6.64. The van der Waals surface area contributed by atoms with Crippen LogP contribution in [0.3, 0.4) is 0 Å². The van der Waals surface area contributed by atoms with Gasteiger partial charge in [0.15, 0.2) is 17.5 Å². The molecule has 164 valence electrons. The van der Waals surface area contributed by atoms with Gasteiger partial charge in [0.2, 0.25) is 0 Å². The fourth-order valence-electron chi connectivity index (χ4n) is 2.99. The lowest BCUT2D eigenvalue weighted by Gasteiger charge is -2.15.